The molecule has 17 heavy (non-hydrogen) atoms. The number of aliphatic hydroxyl groups excluding tert-OH is 1. The lowest BCUT2D eigenvalue weighted by molar-refractivity contribution is 0.0697. The Hall–Kier alpha value is -1.55. The van der Waals surface area contributed by atoms with E-state index in [1.807, 2.05) is 12.1 Å². The van der Waals surface area contributed by atoms with E-state index in [9.17, 15) is 9.90 Å². The van der Waals surface area contributed by atoms with Crippen molar-refractivity contribution in [3.63, 3.8) is 0 Å². The van der Waals surface area contributed by atoms with Crippen molar-refractivity contribution in [3.8, 4) is 0 Å². The molecule has 0 saturated carbocycles. The second kappa shape index (κ2) is 4.75. The van der Waals surface area contributed by atoms with Gasteiger partial charge < -0.3 is 15.1 Å². The Morgan fingerprint density at radius 1 is 1.35 bits per heavy atom. The molecule has 0 spiro atoms. The SMILES string of the molecule is C[C@@H]1CN(c2ccc(C(=O)O)cc2)C[C@@H]1CO. The van der Waals surface area contributed by atoms with Gasteiger partial charge in [0, 0.05) is 31.3 Å². The fourth-order valence-electron chi connectivity index (χ4n) is 2.30. The second-order valence-corrected chi connectivity index (χ2v) is 4.68. The van der Waals surface area contributed by atoms with Gasteiger partial charge >= 0.3 is 5.97 Å². The van der Waals surface area contributed by atoms with E-state index in [0.29, 0.717) is 17.4 Å². The molecule has 2 N–H and O–H groups in total. The highest BCUT2D eigenvalue weighted by Crippen LogP contribution is 2.27. The standard InChI is InChI=1S/C13H17NO3/c1-9-6-14(7-11(9)8-15)12-4-2-10(3-5-12)13(16)17/h2-5,9,11,15H,6-8H2,1H3,(H,16,17)/t9-,11-/m1/s1. The van der Waals surface area contributed by atoms with Gasteiger partial charge in [0.1, 0.15) is 0 Å². The summed E-state index contributed by atoms with van der Waals surface area (Å²) in [6.07, 6.45) is 0. The number of carboxylic acid groups (broad SMARTS) is 1. The topological polar surface area (TPSA) is 60.8 Å². The molecule has 0 unspecified atom stereocenters. The highest BCUT2D eigenvalue weighted by Gasteiger charge is 2.28. The Morgan fingerprint density at radius 3 is 2.47 bits per heavy atom. The third kappa shape index (κ3) is 2.42. The van der Waals surface area contributed by atoms with E-state index in [1.54, 1.807) is 12.1 Å². The Labute approximate surface area is 100 Å². The first-order valence-corrected chi connectivity index (χ1v) is 5.81. The maximum absolute atomic E-state index is 10.7. The van der Waals surface area contributed by atoms with Crippen LogP contribution in [0.1, 0.15) is 17.3 Å². The highest BCUT2D eigenvalue weighted by atomic mass is 16.4. The van der Waals surface area contributed by atoms with E-state index >= 15 is 0 Å². The van der Waals surface area contributed by atoms with Crippen LogP contribution in [0.5, 0.6) is 0 Å². The molecule has 1 saturated heterocycles. The van der Waals surface area contributed by atoms with Gasteiger partial charge in [0.15, 0.2) is 0 Å². The van der Waals surface area contributed by atoms with Crippen molar-refractivity contribution in [2.75, 3.05) is 24.6 Å². The molecular weight excluding hydrogens is 218 g/mol. The molecule has 0 bridgehead atoms. The summed E-state index contributed by atoms with van der Waals surface area (Å²) >= 11 is 0. The molecule has 1 fully saturated rings. The minimum absolute atomic E-state index is 0.213. The van der Waals surface area contributed by atoms with E-state index in [0.717, 1.165) is 18.8 Å². The van der Waals surface area contributed by atoms with Gasteiger partial charge in [0.05, 0.1) is 5.56 Å². The predicted octanol–water partition coefficient (Wildman–Crippen LogP) is 1.45. The summed E-state index contributed by atoms with van der Waals surface area (Å²) in [5, 5.41) is 18.0. The first-order valence-electron chi connectivity index (χ1n) is 5.81. The van der Waals surface area contributed by atoms with Gasteiger partial charge in [-0.2, -0.15) is 0 Å². The van der Waals surface area contributed by atoms with E-state index < -0.39 is 5.97 Å². The van der Waals surface area contributed by atoms with E-state index in [-0.39, 0.29) is 6.61 Å². The van der Waals surface area contributed by atoms with Crippen LogP contribution in [0.4, 0.5) is 5.69 Å². The molecule has 4 heteroatoms. The summed E-state index contributed by atoms with van der Waals surface area (Å²) in [6, 6.07) is 6.90. The number of rotatable bonds is 3. The van der Waals surface area contributed by atoms with E-state index in [2.05, 4.69) is 11.8 Å². The van der Waals surface area contributed by atoms with Crippen molar-refractivity contribution in [1.29, 1.82) is 0 Å². The summed E-state index contributed by atoms with van der Waals surface area (Å²) < 4.78 is 0. The Bertz CT molecular complexity index is 402. The molecule has 1 heterocycles. The molecule has 92 valence electrons. The van der Waals surface area contributed by atoms with Crippen molar-refractivity contribution in [2.24, 2.45) is 11.8 Å². The van der Waals surface area contributed by atoms with Gasteiger partial charge in [-0.15, -0.1) is 0 Å². The number of hydrogen-bond donors (Lipinski definition) is 2. The zero-order valence-corrected chi connectivity index (χ0v) is 9.84. The van der Waals surface area contributed by atoms with Crippen LogP contribution >= 0.6 is 0 Å². The first kappa shape index (κ1) is 11.9. The van der Waals surface area contributed by atoms with Crippen molar-refractivity contribution >= 4 is 11.7 Å². The zero-order valence-electron chi connectivity index (χ0n) is 9.84. The minimum Gasteiger partial charge on any atom is -0.478 e. The van der Waals surface area contributed by atoms with Crippen LogP contribution in [-0.4, -0.2) is 35.9 Å². The number of carboxylic acids is 1. The average molecular weight is 235 g/mol. The number of carbonyl (C=O) groups is 1. The number of hydrogen-bond acceptors (Lipinski definition) is 3. The lowest BCUT2D eigenvalue weighted by Crippen LogP contribution is -2.20. The zero-order chi connectivity index (χ0) is 12.4. The quantitative estimate of drug-likeness (QED) is 0.832. The Balaban J connectivity index is 2.11. The number of benzene rings is 1. The maximum atomic E-state index is 10.7. The molecule has 1 aliphatic rings. The second-order valence-electron chi connectivity index (χ2n) is 4.68. The molecule has 0 radical (unpaired) electrons. The van der Waals surface area contributed by atoms with Gasteiger partial charge in [-0.05, 0) is 30.2 Å². The summed E-state index contributed by atoms with van der Waals surface area (Å²) in [4.78, 5) is 12.9. The van der Waals surface area contributed by atoms with Crippen LogP contribution < -0.4 is 4.90 Å². The van der Waals surface area contributed by atoms with Crippen LogP contribution in [0.2, 0.25) is 0 Å². The van der Waals surface area contributed by atoms with Gasteiger partial charge in [-0.3, -0.25) is 0 Å². The summed E-state index contributed by atoms with van der Waals surface area (Å²) in [5.74, 6) is -0.118. The van der Waals surface area contributed by atoms with E-state index in [4.69, 9.17) is 5.11 Å². The fourth-order valence-corrected chi connectivity index (χ4v) is 2.30. The van der Waals surface area contributed by atoms with Crippen LogP contribution in [0.15, 0.2) is 24.3 Å². The van der Waals surface area contributed by atoms with E-state index in [1.165, 1.54) is 0 Å². The summed E-state index contributed by atoms with van der Waals surface area (Å²) in [7, 11) is 0. The average Bonchev–Trinajstić information content (AvgIpc) is 2.70. The molecule has 4 nitrogen and oxygen atoms in total. The molecule has 1 aliphatic heterocycles. The molecule has 2 rings (SSSR count). The molecule has 1 aromatic carbocycles. The lowest BCUT2D eigenvalue weighted by Gasteiger charge is -2.18. The molecule has 1 aromatic rings. The smallest absolute Gasteiger partial charge is 0.335 e. The maximum Gasteiger partial charge on any atom is 0.335 e. The summed E-state index contributed by atoms with van der Waals surface area (Å²) in [6.45, 7) is 4.10. The monoisotopic (exact) mass is 235 g/mol. The van der Waals surface area contributed by atoms with Crippen LogP contribution in [-0.2, 0) is 0 Å². The van der Waals surface area contributed by atoms with Crippen molar-refractivity contribution in [3.05, 3.63) is 29.8 Å². The third-order valence-corrected chi connectivity index (χ3v) is 3.48. The number of aliphatic hydroxyl groups is 1. The van der Waals surface area contributed by atoms with Crippen molar-refractivity contribution in [1.82, 2.24) is 0 Å². The largest absolute Gasteiger partial charge is 0.478 e. The van der Waals surface area contributed by atoms with Gasteiger partial charge in [-0.1, -0.05) is 6.92 Å². The molecular formula is C13H17NO3. The van der Waals surface area contributed by atoms with Gasteiger partial charge in [0.2, 0.25) is 0 Å². The van der Waals surface area contributed by atoms with Crippen molar-refractivity contribution in [2.45, 2.75) is 6.92 Å². The van der Waals surface area contributed by atoms with Crippen LogP contribution in [0.3, 0.4) is 0 Å². The number of aromatic carboxylic acids is 1. The Kier molecular flexibility index (Phi) is 3.33. The van der Waals surface area contributed by atoms with Gasteiger partial charge in [-0.25, -0.2) is 4.79 Å². The molecule has 0 aliphatic carbocycles. The Morgan fingerprint density at radius 2 is 2.00 bits per heavy atom. The minimum atomic E-state index is -0.903. The predicted molar refractivity (Wildman–Crippen MR) is 65.4 cm³/mol. The normalized spacial score (nSPS) is 24.0. The van der Waals surface area contributed by atoms with Crippen LogP contribution in [0.25, 0.3) is 0 Å². The molecule has 0 aromatic heterocycles. The summed E-state index contributed by atoms with van der Waals surface area (Å²) in [5.41, 5.74) is 1.33. The van der Waals surface area contributed by atoms with Crippen molar-refractivity contribution < 1.29 is 15.0 Å². The van der Waals surface area contributed by atoms with Gasteiger partial charge in [0.25, 0.3) is 0 Å². The lowest BCUT2D eigenvalue weighted by atomic mass is 10.00. The first-order chi connectivity index (χ1) is 8.11. The molecule has 2 atom stereocenters. The van der Waals surface area contributed by atoms with Crippen LogP contribution in [0, 0.1) is 11.8 Å². The third-order valence-electron chi connectivity index (χ3n) is 3.48. The number of anilines is 1. The fraction of sp³-hybridized carbons (Fsp3) is 0.462. The highest BCUT2D eigenvalue weighted by molar-refractivity contribution is 5.88. The molecule has 0 amide bonds. The number of nitrogens with zero attached hydrogens (tertiary/aromatic N) is 1.